The van der Waals surface area contributed by atoms with Gasteiger partial charge in [0.2, 0.25) is 5.91 Å². The third-order valence-electron chi connectivity index (χ3n) is 3.14. The van der Waals surface area contributed by atoms with Gasteiger partial charge in [0.1, 0.15) is 5.82 Å². The molecule has 0 saturated heterocycles. The molecule has 0 spiro atoms. The minimum absolute atomic E-state index is 0.0513. The Kier molecular flexibility index (Phi) is 4.17. The van der Waals surface area contributed by atoms with Crippen molar-refractivity contribution >= 4 is 51.0 Å². The summed E-state index contributed by atoms with van der Waals surface area (Å²) in [6, 6.07) is 8.78. The average Bonchev–Trinajstić information content (AvgIpc) is 2.50. The third kappa shape index (κ3) is 3.15. The molecule has 2 aromatic rings. The van der Waals surface area contributed by atoms with Crippen LogP contribution in [0.5, 0.6) is 0 Å². The van der Waals surface area contributed by atoms with Gasteiger partial charge in [-0.05, 0) is 53.2 Å². The quantitative estimate of drug-likeness (QED) is 0.839. The summed E-state index contributed by atoms with van der Waals surface area (Å²) >= 11 is 4.78. The number of benzene rings is 1. The molecule has 22 heavy (non-hydrogen) atoms. The highest BCUT2D eigenvalue weighted by molar-refractivity contribution is 9.10. The summed E-state index contributed by atoms with van der Waals surface area (Å²) in [5.41, 5.74) is 1.14. The maximum Gasteiger partial charge on any atom is 0.256 e. The molecule has 2 N–H and O–H groups in total. The molecule has 1 aromatic carbocycles. The van der Waals surface area contributed by atoms with Crippen LogP contribution in [0.2, 0.25) is 0 Å². The number of rotatable bonds is 2. The molecule has 0 saturated carbocycles. The fourth-order valence-corrected chi connectivity index (χ4v) is 3.15. The van der Waals surface area contributed by atoms with Crippen molar-refractivity contribution in [2.45, 2.75) is 17.1 Å². The topological polar surface area (TPSA) is 71.1 Å². The molecule has 0 aliphatic carbocycles. The maximum absolute atomic E-state index is 12.2. The van der Waals surface area contributed by atoms with Crippen LogP contribution in [-0.4, -0.2) is 22.0 Å². The number of nitrogens with zero attached hydrogens (tertiary/aromatic N) is 1. The van der Waals surface area contributed by atoms with Crippen LogP contribution in [0, 0.1) is 0 Å². The number of carbonyl (C=O) groups excluding carboxylic acids is 2. The van der Waals surface area contributed by atoms with E-state index in [0.717, 1.165) is 9.37 Å². The van der Waals surface area contributed by atoms with E-state index in [2.05, 4.69) is 31.5 Å². The van der Waals surface area contributed by atoms with Gasteiger partial charge >= 0.3 is 0 Å². The molecule has 0 radical (unpaired) electrons. The molecule has 5 nitrogen and oxygen atoms in total. The second-order valence-electron chi connectivity index (χ2n) is 4.78. The first kappa shape index (κ1) is 15.1. The van der Waals surface area contributed by atoms with Crippen molar-refractivity contribution in [1.29, 1.82) is 0 Å². The van der Waals surface area contributed by atoms with Gasteiger partial charge in [-0.2, -0.15) is 0 Å². The van der Waals surface area contributed by atoms with Gasteiger partial charge in [0, 0.05) is 21.1 Å². The minimum atomic E-state index is -0.268. The molecule has 1 atom stereocenters. The highest BCUT2D eigenvalue weighted by Crippen LogP contribution is 2.36. The fraction of sp³-hybridized carbons (Fsp3) is 0.133. The van der Waals surface area contributed by atoms with E-state index >= 15 is 0 Å². The Hall–Kier alpha value is -1.86. The molecule has 0 bridgehead atoms. The number of hydrogen-bond acceptors (Lipinski definition) is 4. The summed E-state index contributed by atoms with van der Waals surface area (Å²) in [5, 5.41) is 5.41. The van der Waals surface area contributed by atoms with E-state index in [1.54, 1.807) is 30.5 Å². The predicted octanol–water partition coefficient (Wildman–Crippen LogP) is 3.53. The van der Waals surface area contributed by atoms with Gasteiger partial charge in [-0.25, -0.2) is 4.98 Å². The van der Waals surface area contributed by atoms with Gasteiger partial charge in [-0.1, -0.05) is 0 Å². The van der Waals surface area contributed by atoms with Crippen LogP contribution < -0.4 is 10.6 Å². The summed E-state index contributed by atoms with van der Waals surface area (Å²) in [6.07, 6.45) is 1.61. The number of thioether (sulfide) groups is 1. The lowest BCUT2D eigenvalue weighted by atomic mass is 10.1. The van der Waals surface area contributed by atoms with Crippen molar-refractivity contribution in [3.05, 3.63) is 46.6 Å². The molecule has 7 heteroatoms. The Morgan fingerprint density at radius 1 is 1.36 bits per heavy atom. The van der Waals surface area contributed by atoms with Crippen molar-refractivity contribution in [2.24, 2.45) is 0 Å². The van der Waals surface area contributed by atoms with Crippen LogP contribution in [0.15, 0.2) is 45.9 Å². The van der Waals surface area contributed by atoms with Gasteiger partial charge in [-0.15, -0.1) is 11.8 Å². The van der Waals surface area contributed by atoms with E-state index < -0.39 is 0 Å². The lowest BCUT2D eigenvalue weighted by Gasteiger charge is -2.21. The minimum Gasteiger partial charge on any atom is -0.324 e. The first-order valence-electron chi connectivity index (χ1n) is 6.57. The fourth-order valence-electron chi connectivity index (χ4n) is 1.99. The number of amides is 2. The van der Waals surface area contributed by atoms with Crippen molar-refractivity contribution in [3.8, 4) is 0 Å². The molecule has 1 aliphatic rings. The molecule has 2 heterocycles. The number of hydrogen-bond donors (Lipinski definition) is 2. The zero-order valence-electron chi connectivity index (χ0n) is 11.6. The van der Waals surface area contributed by atoms with Crippen molar-refractivity contribution in [3.63, 3.8) is 0 Å². The van der Waals surface area contributed by atoms with E-state index in [4.69, 9.17) is 0 Å². The molecular weight excluding hydrogens is 366 g/mol. The standard InChI is InChI=1S/C15H12BrN3O2S/c1-8-14(20)18-11-6-9(2-4-12(11)22-8)15(21)19-13-5-3-10(16)7-17-13/h2-8H,1H3,(H,18,20)(H,17,19,21). The van der Waals surface area contributed by atoms with Gasteiger partial charge < -0.3 is 10.6 Å². The first-order valence-corrected chi connectivity index (χ1v) is 8.24. The number of anilines is 2. The zero-order valence-corrected chi connectivity index (χ0v) is 14.0. The Morgan fingerprint density at radius 2 is 2.18 bits per heavy atom. The van der Waals surface area contributed by atoms with Crippen LogP contribution in [0.4, 0.5) is 11.5 Å². The zero-order chi connectivity index (χ0) is 15.7. The predicted molar refractivity (Wildman–Crippen MR) is 90.3 cm³/mol. The summed E-state index contributed by atoms with van der Waals surface area (Å²) in [7, 11) is 0. The average molecular weight is 378 g/mol. The summed E-state index contributed by atoms with van der Waals surface area (Å²) < 4.78 is 0.841. The number of nitrogens with one attached hydrogen (secondary N) is 2. The SMILES string of the molecule is CC1Sc2ccc(C(=O)Nc3ccc(Br)cn3)cc2NC1=O. The number of pyridine rings is 1. The molecular formula is C15H12BrN3O2S. The van der Waals surface area contributed by atoms with Gasteiger partial charge in [0.05, 0.1) is 10.9 Å². The van der Waals surface area contributed by atoms with Crippen LogP contribution >= 0.6 is 27.7 Å². The molecule has 3 rings (SSSR count). The van der Waals surface area contributed by atoms with Crippen LogP contribution in [0.1, 0.15) is 17.3 Å². The van der Waals surface area contributed by atoms with Crippen molar-refractivity contribution in [1.82, 2.24) is 4.98 Å². The summed E-state index contributed by atoms with van der Waals surface area (Å²) in [5.74, 6) is 0.151. The smallest absolute Gasteiger partial charge is 0.256 e. The monoisotopic (exact) mass is 377 g/mol. The van der Waals surface area contributed by atoms with E-state index in [9.17, 15) is 9.59 Å². The number of halogens is 1. The Morgan fingerprint density at radius 3 is 2.91 bits per heavy atom. The first-order chi connectivity index (χ1) is 10.5. The van der Waals surface area contributed by atoms with Gasteiger partial charge in [0.15, 0.2) is 0 Å². The second-order valence-corrected chi connectivity index (χ2v) is 7.07. The van der Waals surface area contributed by atoms with Crippen LogP contribution in [-0.2, 0) is 4.79 Å². The second kappa shape index (κ2) is 6.10. The maximum atomic E-state index is 12.2. The highest BCUT2D eigenvalue weighted by Gasteiger charge is 2.23. The van der Waals surface area contributed by atoms with E-state index in [-0.39, 0.29) is 17.1 Å². The molecule has 2 amide bonds. The molecule has 1 aliphatic heterocycles. The lowest BCUT2D eigenvalue weighted by Crippen LogP contribution is -2.26. The molecule has 1 unspecified atom stereocenters. The number of fused-ring (bicyclic) bond motifs is 1. The van der Waals surface area contributed by atoms with Crippen LogP contribution in [0.3, 0.4) is 0 Å². The lowest BCUT2D eigenvalue weighted by molar-refractivity contribution is -0.115. The van der Waals surface area contributed by atoms with E-state index in [0.29, 0.717) is 17.1 Å². The van der Waals surface area contributed by atoms with Gasteiger partial charge in [-0.3, -0.25) is 9.59 Å². The van der Waals surface area contributed by atoms with Crippen molar-refractivity contribution < 1.29 is 9.59 Å². The number of carbonyl (C=O) groups is 2. The normalized spacial score (nSPS) is 16.6. The van der Waals surface area contributed by atoms with Crippen molar-refractivity contribution in [2.75, 3.05) is 10.6 Å². The summed E-state index contributed by atoms with van der Waals surface area (Å²) in [6.45, 7) is 1.85. The third-order valence-corrected chi connectivity index (χ3v) is 4.79. The summed E-state index contributed by atoms with van der Waals surface area (Å²) in [4.78, 5) is 29.0. The number of aromatic nitrogens is 1. The van der Waals surface area contributed by atoms with Crippen LogP contribution in [0.25, 0.3) is 0 Å². The Labute approximate surface area is 140 Å². The van der Waals surface area contributed by atoms with E-state index in [1.165, 1.54) is 11.8 Å². The van der Waals surface area contributed by atoms with E-state index in [1.807, 2.05) is 13.0 Å². The molecule has 112 valence electrons. The Balaban J connectivity index is 1.80. The van der Waals surface area contributed by atoms with Gasteiger partial charge in [0.25, 0.3) is 5.91 Å². The highest BCUT2D eigenvalue weighted by atomic mass is 79.9. The largest absolute Gasteiger partial charge is 0.324 e. The molecule has 0 fully saturated rings. The Bertz CT molecular complexity index is 749. The molecule has 1 aromatic heterocycles.